The van der Waals surface area contributed by atoms with Crippen molar-refractivity contribution in [2.45, 2.75) is 59.2 Å². The minimum Gasteiger partial charge on any atom is -0.444 e. The Hall–Kier alpha value is -3.88. The number of ether oxygens (including phenoxy) is 1. The molecule has 0 unspecified atom stereocenters. The highest BCUT2D eigenvalue weighted by atomic mass is 16.6. The molecule has 0 atom stereocenters. The van der Waals surface area contributed by atoms with Crippen LogP contribution in [0.5, 0.6) is 0 Å². The van der Waals surface area contributed by atoms with Crippen molar-refractivity contribution in [3.05, 3.63) is 64.4 Å². The lowest BCUT2D eigenvalue weighted by molar-refractivity contribution is 0.0635. The number of carbonyl (C=O) groups excluding carboxylic acids is 2. The minimum atomic E-state index is -0.776. The van der Waals surface area contributed by atoms with Gasteiger partial charge >= 0.3 is 12.1 Å². The molecular formula is C25H31N5O4. The maximum absolute atomic E-state index is 13.3. The fraction of sp³-hybridized carbons (Fsp3) is 0.360. The van der Waals surface area contributed by atoms with Crippen LogP contribution in [0, 0.1) is 0 Å². The number of hydrogen-bond donors (Lipinski definition) is 3. The summed E-state index contributed by atoms with van der Waals surface area (Å²) in [6.07, 6.45) is -0.776. The number of nitrogens with zero attached hydrogens (tertiary/aromatic N) is 2. The molecule has 3 aromatic rings. The van der Waals surface area contributed by atoms with E-state index in [0.717, 1.165) is 5.56 Å². The van der Waals surface area contributed by atoms with Gasteiger partial charge in [-0.05, 0) is 65.3 Å². The molecule has 0 saturated carbocycles. The monoisotopic (exact) mass is 465 g/mol. The van der Waals surface area contributed by atoms with Gasteiger partial charge in [-0.3, -0.25) is 14.7 Å². The van der Waals surface area contributed by atoms with Crippen molar-refractivity contribution in [1.82, 2.24) is 14.9 Å². The van der Waals surface area contributed by atoms with Gasteiger partial charge in [-0.15, -0.1) is 0 Å². The van der Waals surface area contributed by atoms with Crippen molar-refractivity contribution in [1.29, 1.82) is 0 Å². The fourth-order valence-corrected chi connectivity index (χ4v) is 3.23. The first-order chi connectivity index (χ1) is 15.8. The van der Waals surface area contributed by atoms with Crippen LogP contribution >= 0.6 is 0 Å². The largest absolute Gasteiger partial charge is 0.444 e. The summed E-state index contributed by atoms with van der Waals surface area (Å²) < 4.78 is 6.82. The summed E-state index contributed by atoms with van der Waals surface area (Å²) in [6, 6.07) is 14.2. The van der Waals surface area contributed by atoms with E-state index in [1.807, 2.05) is 51.1 Å². The summed E-state index contributed by atoms with van der Waals surface area (Å²) in [5.74, 6) is -0.158. The Labute approximate surface area is 198 Å². The molecule has 34 heavy (non-hydrogen) atoms. The molecule has 9 heteroatoms. The molecule has 180 valence electrons. The Morgan fingerprint density at radius 3 is 2.26 bits per heavy atom. The first-order valence-corrected chi connectivity index (χ1v) is 11.0. The molecule has 0 aliphatic heterocycles. The van der Waals surface area contributed by atoms with Crippen LogP contribution in [-0.4, -0.2) is 32.8 Å². The van der Waals surface area contributed by atoms with Crippen LogP contribution in [0.15, 0.2) is 53.3 Å². The number of fused-ring (bicyclic) bond motifs is 1. The van der Waals surface area contributed by atoms with E-state index in [1.54, 1.807) is 39.0 Å². The van der Waals surface area contributed by atoms with Gasteiger partial charge in [-0.25, -0.2) is 14.6 Å². The van der Waals surface area contributed by atoms with E-state index < -0.39 is 22.8 Å². The van der Waals surface area contributed by atoms with E-state index in [1.165, 1.54) is 4.57 Å². The Bertz CT molecular complexity index is 1250. The third-order valence-corrected chi connectivity index (χ3v) is 4.50. The molecule has 0 aliphatic rings. The van der Waals surface area contributed by atoms with Gasteiger partial charge in [-0.1, -0.05) is 30.3 Å². The van der Waals surface area contributed by atoms with E-state index in [2.05, 4.69) is 20.9 Å². The highest BCUT2D eigenvalue weighted by Crippen LogP contribution is 2.20. The van der Waals surface area contributed by atoms with Gasteiger partial charge in [0.25, 0.3) is 5.56 Å². The molecule has 0 saturated heterocycles. The predicted molar refractivity (Wildman–Crippen MR) is 133 cm³/mol. The fourth-order valence-electron chi connectivity index (χ4n) is 3.23. The smallest absolute Gasteiger partial charge is 0.413 e. The molecule has 0 aliphatic carbocycles. The Morgan fingerprint density at radius 2 is 1.65 bits per heavy atom. The predicted octanol–water partition coefficient (Wildman–Crippen LogP) is 4.71. The molecule has 3 amide bonds. The molecule has 3 N–H and O–H groups in total. The molecular weight excluding hydrogens is 434 g/mol. The number of carbonyl (C=O) groups is 2. The molecule has 1 aromatic heterocycles. The average molecular weight is 466 g/mol. The molecule has 0 bridgehead atoms. The maximum Gasteiger partial charge on any atom is 0.413 e. The van der Waals surface area contributed by atoms with Gasteiger partial charge in [0.15, 0.2) is 0 Å². The Morgan fingerprint density at radius 1 is 0.971 bits per heavy atom. The van der Waals surface area contributed by atoms with Crippen LogP contribution in [0.3, 0.4) is 0 Å². The van der Waals surface area contributed by atoms with Crippen molar-refractivity contribution in [3.63, 3.8) is 0 Å². The standard InChI is InChI=1S/C25H31N5O4/c1-24(2,3)29-22(32)26-17-12-13-19-18(14-17)27-20(28-23(33)34-25(4,5)6)21(31)30(19)15-16-10-8-7-9-11-16/h7-14H,15H2,1-6H3,(H2,26,29,32)(H,27,28,33). The van der Waals surface area contributed by atoms with Gasteiger partial charge < -0.3 is 15.4 Å². The van der Waals surface area contributed by atoms with Gasteiger partial charge in [0, 0.05) is 11.2 Å². The normalized spacial score (nSPS) is 11.7. The van der Waals surface area contributed by atoms with Crippen LogP contribution in [0.25, 0.3) is 11.0 Å². The zero-order valence-electron chi connectivity index (χ0n) is 20.4. The summed E-state index contributed by atoms with van der Waals surface area (Å²) in [7, 11) is 0. The topological polar surface area (TPSA) is 114 Å². The molecule has 0 spiro atoms. The minimum absolute atomic E-state index is 0.158. The lowest BCUT2D eigenvalue weighted by Crippen LogP contribution is -2.43. The highest BCUT2D eigenvalue weighted by molar-refractivity contribution is 5.93. The second kappa shape index (κ2) is 9.54. The third-order valence-electron chi connectivity index (χ3n) is 4.50. The average Bonchev–Trinajstić information content (AvgIpc) is 2.69. The molecule has 2 aromatic carbocycles. The van der Waals surface area contributed by atoms with E-state index in [9.17, 15) is 14.4 Å². The zero-order valence-corrected chi connectivity index (χ0v) is 20.4. The number of nitrogens with one attached hydrogen (secondary N) is 3. The van der Waals surface area contributed by atoms with Crippen LogP contribution in [0.2, 0.25) is 0 Å². The summed E-state index contributed by atoms with van der Waals surface area (Å²) >= 11 is 0. The van der Waals surface area contributed by atoms with Gasteiger partial charge in [0.2, 0.25) is 5.82 Å². The summed E-state index contributed by atoms with van der Waals surface area (Å²) in [4.78, 5) is 42.3. The Balaban J connectivity index is 2.04. The van der Waals surface area contributed by atoms with Crippen molar-refractivity contribution in [2.75, 3.05) is 10.6 Å². The molecule has 0 fully saturated rings. The number of aromatic nitrogens is 2. The number of anilines is 2. The third kappa shape index (κ3) is 6.81. The number of urea groups is 1. The van der Waals surface area contributed by atoms with E-state index in [0.29, 0.717) is 16.7 Å². The number of rotatable bonds is 4. The molecule has 3 rings (SSSR count). The van der Waals surface area contributed by atoms with E-state index in [-0.39, 0.29) is 18.4 Å². The van der Waals surface area contributed by atoms with Crippen LogP contribution in [0.4, 0.5) is 21.1 Å². The first-order valence-electron chi connectivity index (χ1n) is 11.0. The van der Waals surface area contributed by atoms with Gasteiger partial charge in [-0.2, -0.15) is 0 Å². The van der Waals surface area contributed by atoms with Crippen LogP contribution in [0.1, 0.15) is 47.1 Å². The summed E-state index contributed by atoms with van der Waals surface area (Å²) in [5, 5.41) is 8.08. The second-order valence-electron chi connectivity index (χ2n) is 10.00. The van der Waals surface area contributed by atoms with E-state index in [4.69, 9.17) is 4.74 Å². The zero-order chi connectivity index (χ0) is 25.1. The lowest BCUT2D eigenvalue weighted by atomic mass is 10.1. The number of amides is 3. The van der Waals surface area contributed by atoms with Crippen molar-refractivity contribution >= 4 is 34.7 Å². The molecule has 1 heterocycles. The van der Waals surface area contributed by atoms with Crippen molar-refractivity contribution in [2.24, 2.45) is 0 Å². The van der Waals surface area contributed by atoms with Gasteiger partial charge in [0.1, 0.15) is 5.60 Å². The SMILES string of the molecule is CC(C)(C)NC(=O)Nc1ccc2c(c1)nc(NC(=O)OC(C)(C)C)c(=O)n2Cc1ccccc1. The van der Waals surface area contributed by atoms with Crippen molar-refractivity contribution in [3.8, 4) is 0 Å². The lowest BCUT2D eigenvalue weighted by Gasteiger charge is -2.21. The summed E-state index contributed by atoms with van der Waals surface area (Å²) in [5.41, 5.74) is 0.789. The van der Waals surface area contributed by atoms with Crippen molar-refractivity contribution < 1.29 is 14.3 Å². The van der Waals surface area contributed by atoms with E-state index >= 15 is 0 Å². The summed E-state index contributed by atoms with van der Waals surface area (Å²) in [6.45, 7) is 11.1. The molecule has 0 radical (unpaired) electrons. The van der Waals surface area contributed by atoms with Crippen LogP contribution < -0.4 is 21.5 Å². The quantitative estimate of drug-likeness (QED) is 0.516. The first kappa shape index (κ1) is 24.8. The second-order valence-corrected chi connectivity index (χ2v) is 10.00. The number of benzene rings is 2. The molecule has 9 nitrogen and oxygen atoms in total. The maximum atomic E-state index is 13.3. The highest BCUT2D eigenvalue weighted by Gasteiger charge is 2.20. The number of hydrogen-bond acceptors (Lipinski definition) is 5. The van der Waals surface area contributed by atoms with Gasteiger partial charge in [0.05, 0.1) is 17.6 Å². The Kier molecular flexibility index (Phi) is 6.95. The van der Waals surface area contributed by atoms with Crippen LogP contribution in [-0.2, 0) is 11.3 Å².